The summed E-state index contributed by atoms with van der Waals surface area (Å²) in [6.45, 7) is 13.6. The van der Waals surface area contributed by atoms with E-state index in [9.17, 15) is 4.79 Å². The number of tetrazole rings is 1. The number of rotatable bonds is 7. The van der Waals surface area contributed by atoms with Crippen molar-refractivity contribution in [1.29, 1.82) is 0 Å². The van der Waals surface area contributed by atoms with Crippen LogP contribution in [0, 0.1) is 13.8 Å². The molecule has 4 rings (SSSR count). The Balaban J connectivity index is 1.78. The molecule has 0 aliphatic heterocycles. The molecule has 0 aliphatic carbocycles. The van der Waals surface area contributed by atoms with Crippen LogP contribution in [0.5, 0.6) is 0 Å². The quantitative estimate of drug-likeness (QED) is 0.439. The van der Waals surface area contributed by atoms with Gasteiger partial charge in [0.2, 0.25) is 0 Å². The first-order chi connectivity index (χ1) is 16.2. The average Bonchev–Trinajstić information content (AvgIpc) is 3.27. The van der Waals surface area contributed by atoms with E-state index < -0.39 is 0 Å². The predicted octanol–water partition coefficient (Wildman–Crippen LogP) is 4.43. The molecule has 0 saturated carbocycles. The van der Waals surface area contributed by atoms with Gasteiger partial charge in [-0.1, -0.05) is 13.0 Å². The fourth-order valence-electron chi connectivity index (χ4n) is 4.34. The highest BCUT2D eigenvalue weighted by Crippen LogP contribution is 2.29. The van der Waals surface area contributed by atoms with Crippen molar-refractivity contribution in [2.75, 3.05) is 0 Å². The van der Waals surface area contributed by atoms with Gasteiger partial charge in [-0.05, 0) is 97.8 Å². The van der Waals surface area contributed by atoms with E-state index in [0.717, 1.165) is 34.3 Å². The molecule has 0 bridgehead atoms. The minimum absolute atomic E-state index is 0.0720. The van der Waals surface area contributed by atoms with Crippen LogP contribution in [-0.2, 0) is 18.6 Å². The van der Waals surface area contributed by atoms with Crippen LogP contribution in [0.3, 0.4) is 0 Å². The molecule has 34 heavy (non-hydrogen) atoms. The number of hydrogen-bond donors (Lipinski definition) is 1. The van der Waals surface area contributed by atoms with Gasteiger partial charge in [-0.15, -0.1) is 5.10 Å². The van der Waals surface area contributed by atoms with E-state index in [1.54, 1.807) is 6.20 Å². The second kappa shape index (κ2) is 9.46. The van der Waals surface area contributed by atoms with Gasteiger partial charge in [0.15, 0.2) is 5.82 Å². The number of fused-ring (bicyclic) bond motifs is 1. The van der Waals surface area contributed by atoms with Crippen molar-refractivity contribution >= 4 is 10.9 Å². The Morgan fingerprint density at radius 2 is 1.88 bits per heavy atom. The Morgan fingerprint density at radius 3 is 2.56 bits per heavy atom. The molecule has 3 heterocycles. The maximum atomic E-state index is 13.1. The number of H-pyrrole nitrogens is 1. The van der Waals surface area contributed by atoms with Gasteiger partial charge in [-0.2, -0.15) is 0 Å². The van der Waals surface area contributed by atoms with E-state index in [1.807, 2.05) is 29.1 Å². The van der Waals surface area contributed by atoms with Crippen molar-refractivity contribution < 1.29 is 0 Å². The van der Waals surface area contributed by atoms with Crippen molar-refractivity contribution in [1.82, 2.24) is 35.1 Å². The molecule has 3 aromatic heterocycles. The lowest BCUT2D eigenvalue weighted by Crippen LogP contribution is -2.35. The van der Waals surface area contributed by atoms with Crippen LogP contribution < -0.4 is 5.56 Å². The summed E-state index contributed by atoms with van der Waals surface area (Å²) in [5, 5.41) is 13.7. The highest BCUT2D eigenvalue weighted by atomic mass is 16.1. The fourth-order valence-corrected chi connectivity index (χ4v) is 4.34. The predicted molar refractivity (Wildman–Crippen MR) is 133 cm³/mol. The third-order valence-corrected chi connectivity index (χ3v) is 6.27. The Labute approximate surface area is 200 Å². The fraction of sp³-hybridized carbons (Fsp3) is 0.423. The monoisotopic (exact) mass is 459 g/mol. The molecule has 0 spiro atoms. The van der Waals surface area contributed by atoms with Gasteiger partial charge in [-0.25, -0.2) is 4.68 Å². The average molecular weight is 460 g/mol. The molecule has 1 atom stereocenters. The second-order valence-electron chi connectivity index (χ2n) is 9.96. The molecule has 0 fully saturated rings. The van der Waals surface area contributed by atoms with Crippen molar-refractivity contribution in [2.45, 2.75) is 72.6 Å². The SMILES string of the molecule is CCC(c1nnnn1C(C)(C)C)N(Cc1cccnc1)Cc1cc2cc(C)c(C)cc2[nH]c1=O. The minimum atomic E-state index is -0.262. The summed E-state index contributed by atoms with van der Waals surface area (Å²) in [5.74, 6) is 0.794. The third kappa shape index (κ3) is 4.92. The Morgan fingerprint density at radius 1 is 1.12 bits per heavy atom. The van der Waals surface area contributed by atoms with Gasteiger partial charge in [-0.3, -0.25) is 14.7 Å². The first-order valence-corrected chi connectivity index (χ1v) is 11.7. The minimum Gasteiger partial charge on any atom is -0.322 e. The molecular weight excluding hydrogens is 426 g/mol. The summed E-state index contributed by atoms with van der Waals surface area (Å²) in [5.41, 5.74) is 4.67. The Kier molecular flexibility index (Phi) is 6.61. The molecule has 0 aliphatic rings. The molecular formula is C26H33N7O. The van der Waals surface area contributed by atoms with Crippen LogP contribution in [0.1, 0.15) is 68.2 Å². The summed E-state index contributed by atoms with van der Waals surface area (Å²) in [6.07, 6.45) is 4.42. The standard InChI is InChI=1S/C26H33N7O/c1-7-23(24-29-30-31-33(24)26(4,5)6)32(15-19-9-8-10-27-14-19)16-21-13-20-11-17(2)18(3)12-22(20)28-25(21)34/h8-14,23H,7,15-16H2,1-6H3,(H,28,34). The van der Waals surface area contributed by atoms with Gasteiger partial charge in [0.1, 0.15) is 0 Å². The molecule has 178 valence electrons. The number of nitrogens with zero attached hydrogens (tertiary/aromatic N) is 6. The maximum Gasteiger partial charge on any atom is 0.252 e. The summed E-state index contributed by atoms with van der Waals surface area (Å²) < 4.78 is 1.88. The lowest BCUT2D eigenvalue weighted by Gasteiger charge is -2.32. The Hall–Kier alpha value is -3.39. The number of hydrogen-bond acceptors (Lipinski definition) is 6. The maximum absolute atomic E-state index is 13.1. The lowest BCUT2D eigenvalue weighted by molar-refractivity contribution is 0.153. The lowest BCUT2D eigenvalue weighted by atomic mass is 10.0. The van der Waals surface area contributed by atoms with E-state index in [4.69, 9.17) is 0 Å². The van der Waals surface area contributed by atoms with E-state index in [2.05, 4.69) is 84.1 Å². The van der Waals surface area contributed by atoms with Gasteiger partial charge in [0.25, 0.3) is 5.56 Å². The first kappa shape index (κ1) is 23.8. The number of aromatic amines is 1. The van der Waals surface area contributed by atoms with Gasteiger partial charge >= 0.3 is 0 Å². The van der Waals surface area contributed by atoms with Crippen LogP contribution >= 0.6 is 0 Å². The number of aromatic nitrogens is 6. The smallest absolute Gasteiger partial charge is 0.252 e. The number of pyridine rings is 2. The Bertz CT molecular complexity index is 1340. The largest absolute Gasteiger partial charge is 0.322 e. The molecule has 8 heteroatoms. The summed E-state index contributed by atoms with van der Waals surface area (Å²) in [4.78, 5) is 22.7. The highest BCUT2D eigenvalue weighted by molar-refractivity contribution is 5.80. The highest BCUT2D eigenvalue weighted by Gasteiger charge is 2.29. The van der Waals surface area contributed by atoms with Gasteiger partial charge < -0.3 is 4.98 Å². The molecule has 1 N–H and O–H groups in total. The van der Waals surface area contributed by atoms with Crippen LogP contribution in [-0.4, -0.2) is 35.1 Å². The first-order valence-electron chi connectivity index (χ1n) is 11.7. The molecule has 8 nitrogen and oxygen atoms in total. The summed E-state index contributed by atoms with van der Waals surface area (Å²) in [7, 11) is 0. The summed E-state index contributed by atoms with van der Waals surface area (Å²) in [6, 6.07) is 10.1. The van der Waals surface area contributed by atoms with Crippen LogP contribution in [0.2, 0.25) is 0 Å². The van der Waals surface area contributed by atoms with Gasteiger partial charge in [0.05, 0.1) is 11.6 Å². The zero-order valence-corrected chi connectivity index (χ0v) is 20.8. The number of nitrogens with one attached hydrogen (secondary N) is 1. The number of benzene rings is 1. The molecule has 1 unspecified atom stereocenters. The zero-order valence-electron chi connectivity index (χ0n) is 20.8. The van der Waals surface area contributed by atoms with Crippen molar-refractivity contribution in [2.24, 2.45) is 0 Å². The second-order valence-corrected chi connectivity index (χ2v) is 9.96. The summed E-state index contributed by atoms with van der Waals surface area (Å²) >= 11 is 0. The molecule has 4 aromatic rings. The number of aryl methyl sites for hydroxylation is 2. The van der Waals surface area contributed by atoms with Crippen molar-refractivity contribution in [3.05, 3.63) is 81.2 Å². The molecule has 1 aromatic carbocycles. The van der Waals surface area contributed by atoms with E-state index in [0.29, 0.717) is 18.7 Å². The van der Waals surface area contributed by atoms with Crippen LogP contribution in [0.25, 0.3) is 10.9 Å². The van der Waals surface area contributed by atoms with Crippen molar-refractivity contribution in [3.63, 3.8) is 0 Å². The molecule has 0 amide bonds. The topological polar surface area (TPSA) is 92.6 Å². The zero-order chi connectivity index (χ0) is 24.5. The van der Waals surface area contributed by atoms with E-state index >= 15 is 0 Å². The molecule has 0 saturated heterocycles. The van der Waals surface area contributed by atoms with E-state index in [1.165, 1.54) is 5.56 Å². The van der Waals surface area contributed by atoms with E-state index in [-0.39, 0.29) is 17.1 Å². The molecule has 0 radical (unpaired) electrons. The third-order valence-electron chi connectivity index (χ3n) is 6.27. The van der Waals surface area contributed by atoms with Crippen LogP contribution in [0.4, 0.5) is 0 Å². The normalized spacial score (nSPS) is 13.0. The van der Waals surface area contributed by atoms with Gasteiger partial charge in [0, 0.05) is 36.6 Å². The van der Waals surface area contributed by atoms with Crippen molar-refractivity contribution in [3.8, 4) is 0 Å². The van der Waals surface area contributed by atoms with Crippen LogP contribution in [0.15, 0.2) is 47.5 Å².